The van der Waals surface area contributed by atoms with Gasteiger partial charge in [0.1, 0.15) is 0 Å². The maximum absolute atomic E-state index is 11.9. The summed E-state index contributed by atoms with van der Waals surface area (Å²) in [5.74, 6) is -0.266. The van der Waals surface area contributed by atoms with E-state index in [1.165, 1.54) is 0 Å². The minimum atomic E-state index is -0.958. The standard InChI is InChI=1S/C13H20N2O3/c1-2-13(8-16,9-17)15-12(18)7-10-5-3-4-6-11(10)14/h3-6,16-17H,2,7-9,14H2,1H3,(H,15,18). The number of anilines is 1. The molecule has 1 rings (SSSR count). The number of nitrogens with one attached hydrogen (secondary N) is 1. The van der Waals surface area contributed by atoms with Crippen molar-refractivity contribution in [1.29, 1.82) is 0 Å². The second-order valence-corrected chi connectivity index (χ2v) is 4.37. The average molecular weight is 252 g/mol. The number of aliphatic hydroxyl groups excluding tert-OH is 2. The number of para-hydroxylation sites is 1. The topological polar surface area (TPSA) is 95.6 Å². The number of carbonyl (C=O) groups is 1. The molecule has 18 heavy (non-hydrogen) atoms. The van der Waals surface area contributed by atoms with Crippen LogP contribution in [-0.2, 0) is 11.2 Å². The van der Waals surface area contributed by atoms with Crippen molar-refractivity contribution in [2.24, 2.45) is 0 Å². The lowest BCUT2D eigenvalue weighted by Crippen LogP contribution is -2.54. The number of nitrogen functional groups attached to an aromatic ring is 1. The minimum absolute atomic E-state index is 0.133. The van der Waals surface area contributed by atoms with Crippen molar-refractivity contribution in [3.63, 3.8) is 0 Å². The van der Waals surface area contributed by atoms with E-state index in [0.29, 0.717) is 12.1 Å². The quantitative estimate of drug-likeness (QED) is 0.538. The molecule has 0 aliphatic heterocycles. The molecule has 0 aliphatic carbocycles. The van der Waals surface area contributed by atoms with Gasteiger partial charge >= 0.3 is 0 Å². The number of nitrogens with two attached hydrogens (primary N) is 1. The van der Waals surface area contributed by atoms with Crippen LogP contribution in [0.15, 0.2) is 24.3 Å². The number of hydrogen-bond donors (Lipinski definition) is 4. The van der Waals surface area contributed by atoms with Gasteiger partial charge in [-0.2, -0.15) is 0 Å². The molecule has 5 heteroatoms. The molecule has 100 valence electrons. The van der Waals surface area contributed by atoms with Crippen LogP contribution in [0.3, 0.4) is 0 Å². The summed E-state index contributed by atoms with van der Waals surface area (Å²) in [6.45, 7) is 1.20. The maximum atomic E-state index is 11.9. The van der Waals surface area contributed by atoms with Crippen LogP contribution in [-0.4, -0.2) is 34.9 Å². The van der Waals surface area contributed by atoms with Gasteiger partial charge < -0.3 is 21.3 Å². The second kappa shape index (κ2) is 6.37. The summed E-state index contributed by atoms with van der Waals surface area (Å²) in [6, 6.07) is 7.12. The van der Waals surface area contributed by atoms with Crippen LogP contribution in [0, 0.1) is 0 Å². The van der Waals surface area contributed by atoms with E-state index in [4.69, 9.17) is 5.73 Å². The Bertz CT molecular complexity index is 395. The molecule has 5 nitrogen and oxygen atoms in total. The first-order valence-electron chi connectivity index (χ1n) is 5.93. The lowest BCUT2D eigenvalue weighted by Gasteiger charge is -2.29. The molecule has 0 unspecified atom stereocenters. The van der Waals surface area contributed by atoms with Gasteiger partial charge in [-0.05, 0) is 18.1 Å². The lowest BCUT2D eigenvalue weighted by molar-refractivity contribution is -0.123. The molecule has 5 N–H and O–H groups in total. The summed E-state index contributed by atoms with van der Waals surface area (Å²) in [4.78, 5) is 11.9. The third-order valence-electron chi connectivity index (χ3n) is 3.09. The second-order valence-electron chi connectivity index (χ2n) is 4.37. The van der Waals surface area contributed by atoms with Gasteiger partial charge in [0.2, 0.25) is 5.91 Å². The highest BCUT2D eigenvalue weighted by Crippen LogP contribution is 2.13. The van der Waals surface area contributed by atoms with Crippen LogP contribution in [0.1, 0.15) is 18.9 Å². The van der Waals surface area contributed by atoms with Gasteiger partial charge in [-0.15, -0.1) is 0 Å². The highest BCUT2D eigenvalue weighted by molar-refractivity contribution is 5.81. The van der Waals surface area contributed by atoms with Crippen molar-refractivity contribution in [3.05, 3.63) is 29.8 Å². The van der Waals surface area contributed by atoms with Gasteiger partial charge in [0, 0.05) is 5.69 Å². The largest absolute Gasteiger partial charge is 0.398 e. The Kier molecular flexibility index (Phi) is 5.12. The summed E-state index contributed by atoms with van der Waals surface area (Å²) in [5, 5.41) is 21.2. The first-order valence-corrected chi connectivity index (χ1v) is 5.93. The zero-order valence-electron chi connectivity index (χ0n) is 10.5. The Labute approximate surface area is 107 Å². The molecule has 1 amide bonds. The minimum Gasteiger partial charge on any atom is -0.398 e. The summed E-state index contributed by atoms with van der Waals surface area (Å²) in [6.07, 6.45) is 0.588. The fraction of sp³-hybridized carbons (Fsp3) is 0.462. The van der Waals surface area contributed by atoms with Crippen LogP contribution in [0.4, 0.5) is 5.69 Å². The summed E-state index contributed by atoms with van der Waals surface area (Å²) in [7, 11) is 0. The molecule has 0 bridgehead atoms. The fourth-order valence-electron chi connectivity index (χ4n) is 1.65. The van der Waals surface area contributed by atoms with E-state index in [-0.39, 0.29) is 25.5 Å². The molecule has 0 saturated carbocycles. The number of aliphatic hydroxyl groups is 2. The summed E-state index contributed by atoms with van der Waals surface area (Å²) < 4.78 is 0. The Morgan fingerprint density at radius 3 is 2.44 bits per heavy atom. The van der Waals surface area contributed by atoms with Crippen molar-refractivity contribution in [3.8, 4) is 0 Å². The van der Waals surface area contributed by atoms with E-state index in [2.05, 4.69) is 5.32 Å². The van der Waals surface area contributed by atoms with Gasteiger partial charge in [-0.25, -0.2) is 0 Å². The van der Waals surface area contributed by atoms with Crippen LogP contribution in [0.5, 0.6) is 0 Å². The van der Waals surface area contributed by atoms with Crippen molar-refractivity contribution in [2.45, 2.75) is 25.3 Å². The number of carbonyl (C=O) groups excluding carboxylic acids is 1. The Morgan fingerprint density at radius 2 is 1.94 bits per heavy atom. The Balaban J connectivity index is 2.70. The SMILES string of the molecule is CCC(CO)(CO)NC(=O)Cc1ccccc1N. The Morgan fingerprint density at radius 1 is 1.33 bits per heavy atom. The molecule has 0 atom stereocenters. The number of benzene rings is 1. The Hall–Kier alpha value is -1.59. The predicted molar refractivity (Wildman–Crippen MR) is 69.9 cm³/mol. The molecule has 0 heterocycles. The first kappa shape index (κ1) is 14.5. The van der Waals surface area contributed by atoms with Crippen LogP contribution in [0.2, 0.25) is 0 Å². The predicted octanol–water partition coefficient (Wildman–Crippen LogP) is 0.0609. The highest BCUT2D eigenvalue weighted by atomic mass is 16.3. The van der Waals surface area contributed by atoms with Crippen molar-refractivity contribution in [2.75, 3.05) is 18.9 Å². The molecular weight excluding hydrogens is 232 g/mol. The van der Waals surface area contributed by atoms with Gasteiger partial charge in [-0.3, -0.25) is 4.79 Å². The van der Waals surface area contributed by atoms with E-state index < -0.39 is 5.54 Å². The van der Waals surface area contributed by atoms with Gasteiger partial charge in [-0.1, -0.05) is 25.1 Å². The van der Waals surface area contributed by atoms with Crippen LogP contribution >= 0.6 is 0 Å². The summed E-state index contributed by atoms with van der Waals surface area (Å²) >= 11 is 0. The van der Waals surface area contributed by atoms with Crippen LogP contribution < -0.4 is 11.1 Å². The van der Waals surface area contributed by atoms with Crippen molar-refractivity contribution >= 4 is 11.6 Å². The number of hydrogen-bond acceptors (Lipinski definition) is 4. The normalized spacial score (nSPS) is 11.3. The molecule has 0 saturated heterocycles. The molecule has 0 spiro atoms. The maximum Gasteiger partial charge on any atom is 0.225 e. The first-order chi connectivity index (χ1) is 8.56. The zero-order valence-corrected chi connectivity index (χ0v) is 10.5. The van der Waals surface area contributed by atoms with E-state index in [1.807, 2.05) is 6.07 Å². The third-order valence-corrected chi connectivity index (χ3v) is 3.09. The molecule has 1 aromatic carbocycles. The fourth-order valence-corrected chi connectivity index (χ4v) is 1.65. The average Bonchev–Trinajstić information content (AvgIpc) is 2.39. The monoisotopic (exact) mass is 252 g/mol. The van der Waals surface area contributed by atoms with E-state index >= 15 is 0 Å². The molecule has 0 fully saturated rings. The lowest BCUT2D eigenvalue weighted by atomic mass is 9.97. The third kappa shape index (κ3) is 3.45. The van der Waals surface area contributed by atoms with E-state index in [0.717, 1.165) is 5.56 Å². The molecule has 1 aromatic rings. The number of rotatable bonds is 6. The summed E-state index contributed by atoms with van der Waals surface area (Å²) in [5.41, 5.74) is 6.08. The van der Waals surface area contributed by atoms with Gasteiger partial charge in [0.25, 0.3) is 0 Å². The molecule has 0 radical (unpaired) electrons. The highest BCUT2D eigenvalue weighted by Gasteiger charge is 2.28. The van der Waals surface area contributed by atoms with E-state index in [1.54, 1.807) is 25.1 Å². The molecule has 0 aliphatic rings. The van der Waals surface area contributed by atoms with Gasteiger partial charge in [0.15, 0.2) is 0 Å². The van der Waals surface area contributed by atoms with E-state index in [9.17, 15) is 15.0 Å². The van der Waals surface area contributed by atoms with Crippen molar-refractivity contribution < 1.29 is 15.0 Å². The smallest absolute Gasteiger partial charge is 0.225 e. The molecular formula is C13H20N2O3. The van der Waals surface area contributed by atoms with Crippen molar-refractivity contribution in [1.82, 2.24) is 5.32 Å². The zero-order chi connectivity index (χ0) is 13.6. The molecule has 0 aromatic heterocycles. The van der Waals surface area contributed by atoms with Crippen LogP contribution in [0.25, 0.3) is 0 Å². The van der Waals surface area contributed by atoms with Gasteiger partial charge in [0.05, 0.1) is 25.2 Å². The number of amides is 1.